The Morgan fingerprint density at radius 1 is 1.10 bits per heavy atom. The minimum atomic E-state index is 0.458. The topological polar surface area (TPSA) is 34.1 Å². The van der Waals surface area contributed by atoms with Gasteiger partial charge in [0.2, 0.25) is 0 Å². The first-order chi connectivity index (χ1) is 10.2. The van der Waals surface area contributed by atoms with Crippen LogP contribution in [0.1, 0.15) is 25.2 Å². The molecule has 112 valence electrons. The Morgan fingerprint density at radius 2 is 1.86 bits per heavy atom. The second-order valence-corrected chi connectivity index (χ2v) is 5.94. The number of hydrogen-bond acceptors (Lipinski definition) is 4. The van der Waals surface area contributed by atoms with Gasteiger partial charge in [-0.05, 0) is 30.5 Å². The second-order valence-electron chi connectivity index (χ2n) is 5.10. The number of rotatable bonds is 7. The zero-order valence-corrected chi connectivity index (χ0v) is 13.6. The van der Waals surface area contributed by atoms with Gasteiger partial charge in [-0.25, -0.2) is 0 Å². The van der Waals surface area contributed by atoms with E-state index in [0.717, 1.165) is 28.6 Å². The molecular weight excluding hydrogens is 280 g/mol. The van der Waals surface area contributed by atoms with Crippen molar-refractivity contribution >= 4 is 11.8 Å². The Hall–Kier alpha value is -1.52. The van der Waals surface area contributed by atoms with Crippen LogP contribution in [0, 0.1) is 0 Å². The maximum Gasteiger partial charge on any atom is 0.133 e. The SMILES string of the molecule is CSc1ccccc1OCc1cccc(CNC(C)C)n1. The Labute approximate surface area is 131 Å². The number of nitrogens with zero attached hydrogens (tertiary/aromatic N) is 1. The van der Waals surface area contributed by atoms with Crippen molar-refractivity contribution in [3.8, 4) is 5.75 Å². The molecule has 0 saturated heterocycles. The van der Waals surface area contributed by atoms with Gasteiger partial charge in [0, 0.05) is 17.5 Å². The van der Waals surface area contributed by atoms with Crippen molar-refractivity contribution in [2.24, 2.45) is 0 Å². The third-order valence-electron chi connectivity index (χ3n) is 3.00. The molecule has 1 aromatic heterocycles. The van der Waals surface area contributed by atoms with Crippen LogP contribution in [0.4, 0.5) is 0 Å². The molecule has 0 atom stereocenters. The third-order valence-corrected chi connectivity index (χ3v) is 3.78. The zero-order chi connectivity index (χ0) is 15.1. The molecule has 0 aliphatic carbocycles. The predicted octanol–water partition coefficient (Wildman–Crippen LogP) is 3.88. The molecule has 21 heavy (non-hydrogen) atoms. The molecule has 0 saturated carbocycles. The average molecular weight is 302 g/mol. The van der Waals surface area contributed by atoms with Crippen molar-refractivity contribution in [1.82, 2.24) is 10.3 Å². The highest BCUT2D eigenvalue weighted by Gasteiger charge is 2.04. The fraction of sp³-hybridized carbons (Fsp3) is 0.353. The smallest absolute Gasteiger partial charge is 0.133 e. The van der Waals surface area contributed by atoms with Crippen LogP contribution in [-0.2, 0) is 13.2 Å². The Bertz CT molecular complexity index is 572. The van der Waals surface area contributed by atoms with Crippen molar-refractivity contribution in [2.75, 3.05) is 6.26 Å². The van der Waals surface area contributed by atoms with Gasteiger partial charge < -0.3 is 10.1 Å². The quantitative estimate of drug-likeness (QED) is 0.787. The molecule has 2 aromatic rings. The second kappa shape index (κ2) is 8.05. The molecule has 1 aromatic carbocycles. The number of benzene rings is 1. The number of hydrogen-bond donors (Lipinski definition) is 1. The van der Waals surface area contributed by atoms with Crippen molar-refractivity contribution < 1.29 is 4.74 Å². The molecule has 0 fully saturated rings. The molecular formula is C17H22N2OS. The highest BCUT2D eigenvalue weighted by Crippen LogP contribution is 2.27. The van der Waals surface area contributed by atoms with Gasteiger partial charge in [-0.3, -0.25) is 4.98 Å². The molecule has 0 bridgehead atoms. The minimum absolute atomic E-state index is 0.458. The Balaban J connectivity index is 1.98. The fourth-order valence-corrected chi connectivity index (χ4v) is 2.45. The van der Waals surface area contributed by atoms with Crippen molar-refractivity contribution in [3.05, 3.63) is 53.9 Å². The summed E-state index contributed by atoms with van der Waals surface area (Å²) in [4.78, 5) is 5.77. The molecule has 0 radical (unpaired) electrons. The molecule has 2 rings (SSSR count). The van der Waals surface area contributed by atoms with Gasteiger partial charge in [0.25, 0.3) is 0 Å². The van der Waals surface area contributed by atoms with Gasteiger partial charge >= 0.3 is 0 Å². The normalized spacial score (nSPS) is 10.9. The van der Waals surface area contributed by atoms with E-state index in [4.69, 9.17) is 4.74 Å². The van der Waals surface area contributed by atoms with Crippen LogP contribution in [-0.4, -0.2) is 17.3 Å². The summed E-state index contributed by atoms with van der Waals surface area (Å²) in [5.74, 6) is 0.914. The maximum atomic E-state index is 5.89. The lowest BCUT2D eigenvalue weighted by molar-refractivity contribution is 0.294. The van der Waals surface area contributed by atoms with Crippen LogP contribution in [0.3, 0.4) is 0 Å². The molecule has 0 aliphatic rings. The standard InChI is InChI=1S/C17H22N2OS/c1-13(2)18-11-14-7-6-8-15(19-14)12-20-16-9-4-5-10-17(16)21-3/h4-10,13,18H,11-12H2,1-3H3. The molecule has 1 heterocycles. The Kier molecular flexibility index (Phi) is 6.08. The largest absolute Gasteiger partial charge is 0.486 e. The monoisotopic (exact) mass is 302 g/mol. The van der Waals surface area contributed by atoms with Gasteiger partial charge in [-0.1, -0.05) is 32.0 Å². The van der Waals surface area contributed by atoms with E-state index in [0.29, 0.717) is 12.6 Å². The van der Waals surface area contributed by atoms with Crippen LogP contribution in [0.15, 0.2) is 47.4 Å². The number of ether oxygens (including phenoxy) is 1. The van der Waals surface area contributed by atoms with Crippen molar-refractivity contribution in [3.63, 3.8) is 0 Å². The van der Waals surface area contributed by atoms with Gasteiger partial charge in [-0.15, -0.1) is 11.8 Å². The summed E-state index contributed by atoms with van der Waals surface area (Å²) in [5.41, 5.74) is 2.00. The van der Waals surface area contributed by atoms with Crippen molar-refractivity contribution in [2.45, 2.75) is 37.9 Å². The van der Waals surface area contributed by atoms with E-state index < -0.39 is 0 Å². The summed E-state index contributed by atoms with van der Waals surface area (Å²) in [6.07, 6.45) is 2.05. The van der Waals surface area contributed by atoms with Gasteiger partial charge in [-0.2, -0.15) is 0 Å². The first-order valence-electron chi connectivity index (χ1n) is 7.13. The van der Waals surface area contributed by atoms with Crippen molar-refractivity contribution in [1.29, 1.82) is 0 Å². The lowest BCUT2D eigenvalue weighted by Crippen LogP contribution is -2.22. The lowest BCUT2D eigenvalue weighted by atomic mass is 10.3. The minimum Gasteiger partial charge on any atom is -0.486 e. The number of aromatic nitrogens is 1. The molecule has 0 amide bonds. The van der Waals surface area contributed by atoms with Crippen LogP contribution in [0.5, 0.6) is 5.75 Å². The summed E-state index contributed by atoms with van der Waals surface area (Å²) in [6.45, 7) is 5.54. The number of pyridine rings is 1. The average Bonchev–Trinajstić information content (AvgIpc) is 2.51. The molecule has 0 aliphatic heterocycles. The van der Waals surface area contributed by atoms with Gasteiger partial charge in [0.1, 0.15) is 12.4 Å². The van der Waals surface area contributed by atoms with E-state index in [2.05, 4.69) is 36.5 Å². The number of thioether (sulfide) groups is 1. The van der Waals surface area contributed by atoms with Crippen LogP contribution in [0.25, 0.3) is 0 Å². The highest BCUT2D eigenvalue weighted by atomic mass is 32.2. The Morgan fingerprint density at radius 3 is 2.62 bits per heavy atom. The predicted molar refractivity (Wildman–Crippen MR) is 88.8 cm³/mol. The highest BCUT2D eigenvalue weighted by molar-refractivity contribution is 7.98. The summed E-state index contributed by atoms with van der Waals surface area (Å²) >= 11 is 1.69. The van der Waals surface area contributed by atoms with E-state index in [1.807, 2.05) is 36.4 Å². The van der Waals surface area contributed by atoms with Crippen LogP contribution in [0.2, 0.25) is 0 Å². The summed E-state index contributed by atoms with van der Waals surface area (Å²) < 4.78 is 5.89. The van der Waals surface area contributed by atoms with Gasteiger partial charge in [0.15, 0.2) is 0 Å². The molecule has 1 N–H and O–H groups in total. The third kappa shape index (κ3) is 5.06. The van der Waals surface area contributed by atoms with E-state index in [-0.39, 0.29) is 0 Å². The molecule has 0 spiro atoms. The molecule has 3 nitrogen and oxygen atoms in total. The van der Waals surface area contributed by atoms with Crippen LogP contribution >= 0.6 is 11.8 Å². The van der Waals surface area contributed by atoms with E-state index in [9.17, 15) is 0 Å². The fourth-order valence-electron chi connectivity index (χ4n) is 1.91. The van der Waals surface area contributed by atoms with Crippen LogP contribution < -0.4 is 10.1 Å². The lowest BCUT2D eigenvalue weighted by Gasteiger charge is -2.11. The first kappa shape index (κ1) is 15.9. The van der Waals surface area contributed by atoms with Gasteiger partial charge in [0.05, 0.1) is 11.4 Å². The molecule has 4 heteroatoms. The van der Waals surface area contributed by atoms with E-state index in [1.54, 1.807) is 11.8 Å². The summed E-state index contributed by atoms with van der Waals surface area (Å²) in [5, 5.41) is 3.37. The molecule has 0 unspecified atom stereocenters. The van der Waals surface area contributed by atoms with E-state index in [1.165, 1.54) is 0 Å². The first-order valence-corrected chi connectivity index (χ1v) is 8.35. The maximum absolute atomic E-state index is 5.89. The number of para-hydroxylation sites is 1. The summed E-state index contributed by atoms with van der Waals surface area (Å²) in [6, 6.07) is 14.6. The number of nitrogens with one attached hydrogen (secondary N) is 1. The summed E-state index contributed by atoms with van der Waals surface area (Å²) in [7, 11) is 0. The zero-order valence-electron chi connectivity index (χ0n) is 12.8. The van der Waals surface area contributed by atoms with E-state index >= 15 is 0 Å².